The van der Waals surface area contributed by atoms with Crippen LogP contribution in [0.15, 0.2) is 30.5 Å². The fourth-order valence-electron chi connectivity index (χ4n) is 2.11. The van der Waals surface area contributed by atoms with Crippen molar-refractivity contribution in [1.29, 1.82) is 0 Å². The van der Waals surface area contributed by atoms with Crippen molar-refractivity contribution >= 4 is 11.7 Å². The van der Waals surface area contributed by atoms with Crippen LogP contribution in [0.25, 0.3) is 5.78 Å². The van der Waals surface area contributed by atoms with E-state index in [4.69, 9.17) is 0 Å². The number of aryl methyl sites for hydroxylation is 2. The van der Waals surface area contributed by atoms with Crippen molar-refractivity contribution in [3.63, 3.8) is 0 Å². The van der Waals surface area contributed by atoms with Crippen LogP contribution < -0.4 is 5.32 Å². The fourth-order valence-corrected chi connectivity index (χ4v) is 2.11. The fraction of sp³-hybridized carbons (Fsp3) is 0.200. The van der Waals surface area contributed by atoms with Crippen molar-refractivity contribution in [2.24, 2.45) is 0 Å². The average Bonchev–Trinajstić information content (AvgIpc) is 2.90. The number of carbonyl (C=O) groups excluding carboxylic acids is 1. The third kappa shape index (κ3) is 2.65. The smallest absolute Gasteiger partial charge is 0.289 e. The second-order valence-electron chi connectivity index (χ2n) is 5.02. The molecular weight excluding hydrogens is 285 g/mol. The maximum atomic E-state index is 13.2. The maximum Gasteiger partial charge on any atom is 0.289 e. The van der Waals surface area contributed by atoms with Gasteiger partial charge in [0.05, 0.1) is 0 Å². The molecule has 22 heavy (non-hydrogen) atoms. The van der Waals surface area contributed by atoms with Gasteiger partial charge in [0.1, 0.15) is 5.82 Å². The minimum Gasteiger partial charge on any atom is -0.345 e. The minimum atomic E-state index is -0.387. The molecule has 0 aliphatic heterocycles. The van der Waals surface area contributed by atoms with Crippen LogP contribution in [-0.4, -0.2) is 25.5 Å². The molecular formula is C15H14FN5O. The Morgan fingerprint density at radius 3 is 2.91 bits per heavy atom. The van der Waals surface area contributed by atoms with E-state index in [9.17, 15) is 9.18 Å². The molecule has 2 heterocycles. The number of nitrogens with one attached hydrogen (secondary N) is 1. The van der Waals surface area contributed by atoms with Gasteiger partial charge in [0, 0.05) is 18.4 Å². The summed E-state index contributed by atoms with van der Waals surface area (Å²) in [5, 5.41) is 10.4. The second-order valence-corrected chi connectivity index (χ2v) is 5.02. The van der Waals surface area contributed by atoms with E-state index in [1.807, 2.05) is 13.8 Å². The van der Waals surface area contributed by atoms with E-state index in [-0.39, 0.29) is 24.1 Å². The summed E-state index contributed by atoms with van der Waals surface area (Å²) in [5.41, 5.74) is 2.42. The molecule has 1 N–H and O–H groups in total. The number of rotatable bonds is 3. The lowest BCUT2D eigenvalue weighted by Gasteiger charge is -2.07. The third-order valence-corrected chi connectivity index (χ3v) is 3.37. The first-order valence-corrected chi connectivity index (χ1v) is 6.76. The Balaban J connectivity index is 1.80. The molecule has 0 unspecified atom stereocenters. The number of hydrogen-bond donors (Lipinski definition) is 1. The summed E-state index contributed by atoms with van der Waals surface area (Å²) in [6.45, 7) is 3.91. The standard InChI is InChI=1S/C15H14FN5O/c1-9-3-4-12(16)7-11(9)8-17-14(22)13-19-20-15-18-10(2)5-6-21(13)15/h3-7H,8H2,1-2H3,(H,17,22). The van der Waals surface area contributed by atoms with E-state index in [2.05, 4.69) is 20.5 Å². The number of carbonyl (C=O) groups is 1. The van der Waals surface area contributed by atoms with Gasteiger partial charge in [-0.25, -0.2) is 9.37 Å². The van der Waals surface area contributed by atoms with Crippen LogP contribution in [0.1, 0.15) is 27.4 Å². The molecule has 0 atom stereocenters. The van der Waals surface area contributed by atoms with Gasteiger partial charge in [-0.3, -0.25) is 9.20 Å². The number of amides is 1. The van der Waals surface area contributed by atoms with Gasteiger partial charge in [0.2, 0.25) is 5.82 Å². The topological polar surface area (TPSA) is 72.2 Å². The number of halogens is 1. The Morgan fingerprint density at radius 2 is 2.09 bits per heavy atom. The number of fused-ring (bicyclic) bond motifs is 1. The van der Waals surface area contributed by atoms with Crippen molar-refractivity contribution in [3.05, 3.63) is 58.9 Å². The SMILES string of the molecule is Cc1ccn2c(C(=O)NCc3cc(F)ccc3C)nnc2n1. The van der Waals surface area contributed by atoms with E-state index in [0.29, 0.717) is 5.78 Å². The highest BCUT2D eigenvalue weighted by atomic mass is 19.1. The lowest BCUT2D eigenvalue weighted by molar-refractivity contribution is 0.0939. The molecule has 0 aliphatic rings. The molecule has 0 saturated heterocycles. The highest BCUT2D eigenvalue weighted by molar-refractivity contribution is 5.91. The van der Waals surface area contributed by atoms with Crippen LogP contribution in [0.4, 0.5) is 4.39 Å². The summed E-state index contributed by atoms with van der Waals surface area (Å²) in [6, 6.07) is 6.24. The summed E-state index contributed by atoms with van der Waals surface area (Å²) in [6.07, 6.45) is 1.69. The molecule has 112 valence electrons. The highest BCUT2D eigenvalue weighted by Crippen LogP contribution is 2.10. The normalized spacial score (nSPS) is 10.9. The molecule has 2 aromatic heterocycles. The van der Waals surface area contributed by atoms with Crippen LogP contribution in [0.2, 0.25) is 0 Å². The van der Waals surface area contributed by atoms with Crippen molar-refractivity contribution < 1.29 is 9.18 Å². The van der Waals surface area contributed by atoms with E-state index in [1.165, 1.54) is 16.5 Å². The largest absolute Gasteiger partial charge is 0.345 e. The molecule has 0 saturated carbocycles. The zero-order valence-electron chi connectivity index (χ0n) is 12.2. The van der Waals surface area contributed by atoms with Gasteiger partial charge in [0.25, 0.3) is 11.7 Å². The number of hydrogen-bond acceptors (Lipinski definition) is 4. The molecule has 3 aromatic rings. The zero-order valence-corrected chi connectivity index (χ0v) is 12.2. The van der Waals surface area contributed by atoms with Crippen LogP contribution >= 0.6 is 0 Å². The molecule has 0 bridgehead atoms. The summed E-state index contributed by atoms with van der Waals surface area (Å²) >= 11 is 0. The van der Waals surface area contributed by atoms with Gasteiger partial charge in [-0.05, 0) is 43.2 Å². The predicted molar refractivity (Wildman–Crippen MR) is 77.8 cm³/mol. The number of benzene rings is 1. The van der Waals surface area contributed by atoms with Gasteiger partial charge in [-0.15, -0.1) is 10.2 Å². The Bertz CT molecular complexity index is 858. The molecule has 1 aromatic carbocycles. The molecule has 6 nitrogen and oxygen atoms in total. The van der Waals surface area contributed by atoms with Crippen LogP contribution in [0.3, 0.4) is 0 Å². The van der Waals surface area contributed by atoms with Gasteiger partial charge in [-0.1, -0.05) is 6.07 Å². The van der Waals surface area contributed by atoms with Crippen LogP contribution in [0, 0.1) is 19.7 Å². The Hall–Kier alpha value is -2.83. The highest BCUT2D eigenvalue weighted by Gasteiger charge is 2.15. The molecule has 0 fully saturated rings. The maximum absolute atomic E-state index is 13.2. The van der Waals surface area contributed by atoms with E-state index in [0.717, 1.165) is 16.8 Å². The van der Waals surface area contributed by atoms with Crippen molar-refractivity contribution in [1.82, 2.24) is 24.9 Å². The lowest BCUT2D eigenvalue weighted by atomic mass is 10.1. The molecule has 0 spiro atoms. The Morgan fingerprint density at radius 1 is 1.27 bits per heavy atom. The first kappa shape index (κ1) is 14.1. The Labute approximate surface area is 126 Å². The van der Waals surface area contributed by atoms with E-state index in [1.54, 1.807) is 18.3 Å². The third-order valence-electron chi connectivity index (χ3n) is 3.37. The van der Waals surface area contributed by atoms with Gasteiger partial charge < -0.3 is 5.32 Å². The van der Waals surface area contributed by atoms with Crippen molar-refractivity contribution in [3.8, 4) is 0 Å². The predicted octanol–water partition coefficient (Wildman–Crippen LogP) is 1.81. The summed E-state index contributed by atoms with van der Waals surface area (Å²) in [4.78, 5) is 16.4. The summed E-state index contributed by atoms with van der Waals surface area (Å²) in [7, 11) is 0. The minimum absolute atomic E-state index is 0.150. The van der Waals surface area contributed by atoms with Gasteiger partial charge >= 0.3 is 0 Å². The van der Waals surface area contributed by atoms with Gasteiger partial charge in [-0.2, -0.15) is 0 Å². The van der Waals surface area contributed by atoms with Crippen molar-refractivity contribution in [2.75, 3.05) is 0 Å². The molecule has 0 aliphatic carbocycles. The molecule has 3 rings (SSSR count). The zero-order chi connectivity index (χ0) is 15.7. The molecule has 7 heteroatoms. The summed E-state index contributed by atoms with van der Waals surface area (Å²) < 4.78 is 14.8. The van der Waals surface area contributed by atoms with Gasteiger partial charge in [0.15, 0.2) is 0 Å². The van der Waals surface area contributed by atoms with Crippen molar-refractivity contribution in [2.45, 2.75) is 20.4 Å². The van der Waals surface area contributed by atoms with E-state index >= 15 is 0 Å². The number of nitrogens with zero attached hydrogens (tertiary/aromatic N) is 4. The van der Waals surface area contributed by atoms with E-state index < -0.39 is 0 Å². The molecule has 0 radical (unpaired) electrons. The summed E-state index contributed by atoms with van der Waals surface area (Å²) in [5.74, 6) is -0.201. The van der Waals surface area contributed by atoms with Crippen LogP contribution in [-0.2, 0) is 6.54 Å². The quantitative estimate of drug-likeness (QED) is 0.800. The lowest BCUT2D eigenvalue weighted by Crippen LogP contribution is -2.25. The second kappa shape index (κ2) is 5.51. The Kier molecular flexibility index (Phi) is 3.54. The molecule has 1 amide bonds. The monoisotopic (exact) mass is 299 g/mol. The first-order valence-electron chi connectivity index (χ1n) is 6.76. The average molecular weight is 299 g/mol. The first-order chi connectivity index (χ1) is 10.5. The van der Waals surface area contributed by atoms with Crippen LogP contribution in [0.5, 0.6) is 0 Å². The number of aromatic nitrogens is 4.